The minimum absolute atomic E-state index is 0.0360. The number of aromatic nitrogens is 4. The smallest absolute Gasteiger partial charge is 0.328 e. The van der Waals surface area contributed by atoms with Gasteiger partial charge in [0.25, 0.3) is 0 Å². The fourth-order valence-electron chi connectivity index (χ4n) is 3.99. The molecule has 28 heavy (non-hydrogen) atoms. The maximum absolute atomic E-state index is 12.2. The van der Waals surface area contributed by atoms with E-state index in [9.17, 15) is 13.2 Å². The molecule has 1 atom stereocenters. The Hall–Kier alpha value is -2.39. The van der Waals surface area contributed by atoms with Gasteiger partial charge in [-0.15, -0.1) is 0 Å². The normalized spacial score (nSPS) is 18.9. The molecule has 4 rings (SSSR count). The molecule has 0 bridgehead atoms. The van der Waals surface area contributed by atoms with Crippen molar-refractivity contribution in [1.29, 1.82) is 0 Å². The zero-order valence-corrected chi connectivity index (χ0v) is 17.2. The lowest BCUT2D eigenvalue weighted by Crippen LogP contribution is -2.32. The predicted octanol–water partition coefficient (Wildman–Crippen LogP) is 0.826. The Morgan fingerprint density at radius 3 is 2.61 bits per heavy atom. The molecule has 1 unspecified atom stereocenters. The number of rotatable bonds is 5. The van der Waals surface area contributed by atoms with Crippen LogP contribution in [0.1, 0.15) is 12.0 Å². The van der Waals surface area contributed by atoms with Crippen molar-refractivity contribution in [3.05, 3.63) is 40.7 Å². The van der Waals surface area contributed by atoms with E-state index in [2.05, 4.69) is 14.9 Å². The fraction of sp³-hybridized carbons (Fsp3) is 0.474. The van der Waals surface area contributed by atoms with Gasteiger partial charge in [-0.3, -0.25) is 9.13 Å². The van der Waals surface area contributed by atoms with Crippen LogP contribution in [0, 0.1) is 6.92 Å². The second kappa shape index (κ2) is 6.89. The quantitative estimate of drug-likeness (QED) is 0.681. The van der Waals surface area contributed by atoms with Crippen molar-refractivity contribution in [2.24, 2.45) is 14.1 Å². The number of imidazole rings is 2. The van der Waals surface area contributed by atoms with Crippen LogP contribution in [0.5, 0.6) is 0 Å². The number of fused-ring (bicyclic) bond motifs is 1. The number of hydrogen-bond acceptors (Lipinski definition) is 5. The zero-order valence-electron chi connectivity index (χ0n) is 16.3. The van der Waals surface area contributed by atoms with E-state index in [1.807, 2.05) is 25.3 Å². The number of sulfone groups is 1. The highest BCUT2D eigenvalue weighted by molar-refractivity contribution is 7.91. The van der Waals surface area contributed by atoms with Crippen LogP contribution < -0.4 is 11.0 Å². The summed E-state index contributed by atoms with van der Waals surface area (Å²) in [6, 6.07) is 4.11. The molecule has 1 aromatic carbocycles. The lowest BCUT2D eigenvalue weighted by atomic mass is 10.0. The molecule has 3 heterocycles. The molecule has 150 valence electrons. The molecule has 1 N–H and O–H groups in total. The molecular formula is C19H25N5O3S. The SMILES string of the molecule is Cc1cc2c(cc1-c1cncn1CCNC1CCS(=O)(=O)C1)n(C)c(=O)n2C. The highest BCUT2D eigenvalue weighted by Crippen LogP contribution is 2.27. The van der Waals surface area contributed by atoms with E-state index in [-0.39, 0.29) is 23.2 Å². The van der Waals surface area contributed by atoms with E-state index in [0.29, 0.717) is 19.5 Å². The monoisotopic (exact) mass is 403 g/mol. The van der Waals surface area contributed by atoms with Crippen LogP contribution in [-0.2, 0) is 30.5 Å². The molecule has 1 fully saturated rings. The summed E-state index contributed by atoms with van der Waals surface area (Å²) < 4.78 is 28.5. The fourth-order valence-corrected chi connectivity index (χ4v) is 5.70. The van der Waals surface area contributed by atoms with E-state index in [4.69, 9.17) is 0 Å². The first kappa shape index (κ1) is 18.9. The topological polar surface area (TPSA) is 90.9 Å². The van der Waals surface area contributed by atoms with E-state index in [1.54, 1.807) is 29.6 Å². The van der Waals surface area contributed by atoms with Crippen LogP contribution in [0.4, 0.5) is 0 Å². The molecule has 2 aromatic heterocycles. The van der Waals surface area contributed by atoms with Crippen LogP contribution in [-0.4, -0.2) is 51.2 Å². The Bertz CT molecular complexity index is 1200. The van der Waals surface area contributed by atoms with Crippen LogP contribution in [0.25, 0.3) is 22.3 Å². The molecular weight excluding hydrogens is 378 g/mol. The second-order valence-corrected chi connectivity index (χ2v) is 9.81. The minimum Gasteiger partial charge on any atom is -0.329 e. The van der Waals surface area contributed by atoms with Crippen molar-refractivity contribution in [1.82, 2.24) is 24.0 Å². The Morgan fingerprint density at radius 2 is 1.93 bits per heavy atom. The van der Waals surface area contributed by atoms with E-state index < -0.39 is 9.84 Å². The van der Waals surface area contributed by atoms with Crippen molar-refractivity contribution in [2.75, 3.05) is 18.1 Å². The molecule has 0 radical (unpaired) electrons. The van der Waals surface area contributed by atoms with Crippen molar-refractivity contribution < 1.29 is 8.42 Å². The van der Waals surface area contributed by atoms with Crippen LogP contribution >= 0.6 is 0 Å². The molecule has 0 spiro atoms. The average Bonchev–Trinajstić information content (AvgIpc) is 3.30. The average molecular weight is 404 g/mol. The van der Waals surface area contributed by atoms with Crippen LogP contribution in [0.15, 0.2) is 29.5 Å². The zero-order chi connectivity index (χ0) is 20.1. The van der Waals surface area contributed by atoms with Crippen molar-refractivity contribution >= 4 is 20.9 Å². The lowest BCUT2D eigenvalue weighted by Gasteiger charge is -2.14. The number of benzene rings is 1. The summed E-state index contributed by atoms with van der Waals surface area (Å²) in [5.74, 6) is 0.498. The maximum Gasteiger partial charge on any atom is 0.328 e. The van der Waals surface area contributed by atoms with Gasteiger partial charge in [-0.2, -0.15) is 0 Å². The first-order chi connectivity index (χ1) is 13.3. The summed E-state index contributed by atoms with van der Waals surface area (Å²) in [6.45, 7) is 3.40. The first-order valence-corrected chi connectivity index (χ1v) is 11.2. The van der Waals surface area contributed by atoms with Gasteiger partial charge < -0.3 is 9.88 Å². The highest BCUT2D eigenvalue weighted by Gasteiger charge is 2.27. The molecule has 0 amide bonds. The number of aryl methyl sites for hydroxylation is 3. The predicted molar refractivity (Wildman–Crippen MR) is 109 cm³/mol. The van der Waals surface area contributed by atoms with Crippen molar-refractivity contribution in [2.45, 2.75) is 25.9 Å². The third kappa shape index (κ3) is 3.29. The molecule has 9 heteroatoms. The highest BCUT2D eigenvalue weighted by atomic mass is 32.2. The third-order valence-electron chi connectivity index (χ3n) is 5.62. The van der Waals surface area contributed by atoms with Crippen LogP contribution in [0.2, 0.25) is 0 Å². The van der Waals surface area contributed by atoms with Gasteiger partial charge in [-0.1, -0.05) is 0 Å². The van der Waals surface area contributed by atoms with Gasteiger partial charge in [0.05, 0.1) is 40.8 Å². The van der Waals surface area contributed by atoms with Gasteiger partial charge in [0.2, 0.25) is 0 Å². The third-order valence-corrected chi connectivity index (χ3v) is 7.39. The summed E-state index contributed by atoms with van der Waals surface area (Å²) in [5, 5.41) is 3.34. The number of nitrogens with one attached hydrogen (secondary N) is 1. The standard InChI is InChI=1S/C19H25N5O3S/c1-13-8-16-17(23(3)19(25)22(16)2)9-15(13)18-10-20-12-24(18)6-5-21-14-4-7-28(26,27)11-14/h8-10,12,14,21H,4-7,11H2,1-3H3. The number of hydrogen-bond donors (Lipinski definition) is 1. The van der Waals surface area contributed by atoms with Crippen molar-refractivity contribution in [3.8, 4) is 11.3 Å². The summed E-state index contributed by atoms with van der Waals surface area (Å²) in [4.78, 5) is 16.5. The number of nitrogens with zero attached hydrogens (tertiary/aromatic N) is 4. The maximum atomic E-state index is 12.2. The summed E-state index contributed by atoms with van der Waals surface area (Å²) in [7, 11) is 0.685. The summed E-state index contributed by atoms with van der Waals surface area (Å²) in [6.07, 6.45) is 4.29. The van der Waals surface area contributed by atoms with Gasteiger partial charge >= 0.3 is 5.69 Å². The molecule has 0 saturated carbocycles. The summed E-state index contributed by atoms with van der Waals surface area (Å²) in [5.41, 5.74) is 4.84. The largest absolute Gasteiger partial charge is 0.329 e. The molecule has 8 nitrogen and oxygen atoms in total. The Kier molecular flexibility index (Phi) is 4.67. The van der Waals surface area contributed by atoms with Gasteiger partial charge in [0.1, 0.15) is 0 Å². The van der Waals surface area contributed by atoms with Crippen molar-refractivity contribution in [3.63, 3.8) is 0 Å². The van der Waals surface area contributed by atoms with Gasteiger partial charge in [-0.25, -0.2) is 18.2 Å². The van der Waals surface area contributed by atoms with Gasteiger partial charge in [-0.05, 0) is 31.0 Å². The van der Waals surface area contributed by atoms with Gasteiger partial charge in [0.15, 0.2) is 9.84 Å². The van der Waals surface area contributed by atoms with Crippen LogP contribution in [0.3, 0.4) is 0 Å². The Morgan fingerprint density at radius 1 is 1.21 bits per heavy atom. The Balaban J connectivity index is 1.58. The summed E-state index contributed by atoms with van der Waals surface area (Å²) >= 11 is 0. The molecule has 1 saturated heterocycles. The Labute approximate surface area is 163 Å². The minimum atomic E-state index is -2.87. The molecule has 1 aliphatic heterocycles. The second-order valence-electron chi connectivity index (χ2n) is 7.58. The lowest BCUT2D eigenvalue weighted by molar-refractivity contribution is 0.521. The van der Waals surface area contributed by atoms with E-state index in [0.717, 1.165) is 27.9 Å². The molecule has 0 aliphatic carbocycles. The van der Waals surface area contributed by atoms with Gasteiger partial charge in [0, 0.05) is 38.8 Å². The molecule has 3 aromatic rings. The van der Waals surface area contributed by atoms with E-state index in [1.165, 1.54) is 0 Å². The molecule has 1 aliphatic rings. The first-order valence-electron chi connectivity index (χ1n) is 9.37. The van der Waals surface area contributed by atoms with E-state index >= 15 is 0 Å².